The van der Waals surface area contributed by atoms with Crippen molar-refractivity contribution < 1.29 is 18.7 Å². The van der Waals surface area contributed by atoms with E-state index in [1.165, 1.54) is 19.2 Å². The summed E-state index contributed by atoms with van der Waals surface area (Å²) in [6, 6.07) is 22.2. The normalized spacial score (nSPS) is 10.8. The third kappa shape index (κ3) is 4.56. The lowest BCUT2D eigenvalue weighted by atomic mass is 9.99. The van der Waals surface area contributed by atoms with E-state index < -0.39 is 5.97 Å². The Labute approximate surface area is 180 Å². The van der Waals surface area contributed by atoms with Crippen LogP contribution in [0.2, 0.25) is 0 Å². The second-order valence-electron chi connectivity index (χ2n) is 7.32. The Hall–Kier alpha value is -3.73. The van der Waals surface area contributed by atoms with E-state index in [2.05, 4.69) is 4.98 Å². The summed E-state index contributed by atoms with van der Waals surface area (Å²) in [5.41, 5.74) is 3.93. The SMILES string of the molecule is COC(=O)c1nc(C)c2cc(Cc3ccc(F)cc3)ccc2c1OCc1ccccc1. The third-order valence-corrected chi connectivity index (χ3v) is 5.14. The number of aryl methyl sites for hydroxylation is 1. The molecule has 0 amide bonds. The first-order valence-corrected chi connectivity index (χ1v) is 9.98. The average molecular weight is 415 g/mol. The number of rotatable bonds is 6. The van der Waals surface area contributed by atoms with Crippen LogP contribution in [0.3, 0.4) is 0 Å². The summed E-state index contributed by atoms with van der Waals surface area (Å²) in [4.78, 5) is 16.9. The number of ether oxygens (including phenoxy) is 2. The summed E-state index contributed by atoms with van der Waals surface area (Å²) in [7, 11) is 1.33. The van der Waals surface area contributed by atoms with Crippen molar-refractivity contribution in [1.29, 1.82) is 0 Å². The van der Waals surface area contributed by atoms with Crippen LogP contribution >= 0.6 is 0 Å². The third-order valence-electron chi connectivity index (χ3n) is 5.14. The number of aromatic nitrogens is 1. The fourth-order valence-corrected chi connectivity index (χ4v) is 3.55. The second-order valence-corrected chi connectivity index (χ2v) is 7.32. The fraction of sp³-hybridized carbons (Fsp3) is 0.154. The van der Waals surface area contributed by atoms with Crippen LogP contribution in [0, 0.1) is 12.7 Å². The molecule has 156 valence electrons. The topological polar surface area (TPSA) is 48.4 Å². The van der Waals surface area contributed by atoms with E-state index in [0.29, 0.717) is 24.5 Å². The van der Waals surface area contributed by atoms with Crippen LogP contribution < -0.4 is 4.74 Å². The molecule has 31 heavy (non-hydrogen) atoms. The van der Waals surface area contributed by atoms with Gasteiger partial charge in [0.25, 0.3) is 0 Å². The van der Waals surface area contributed by atoms with Gasteiger partial charge in [-0.05, 0) is 48.2 Å². The summed E-state index contributed by atoms with van der Waals surface area (Å²) in [6.07, 6.45) is 0.661. The standard InChI is InChI=1S/C26H22FNO3/c1-17-23-15-20(14-18-8-11-21(27)12-9-18)10-13-22(23)25(24(28-17)26(29)30-2)31-16-19-6-4-3-5-7-19/h3-13,15H,14,16H2,1-2H3. The molecule has 0 bridgehead atoms. The Balaban J connectivity index is 1.74. The number of carbonyl (C=O) groups excluding carboxylic acids is 1. The van der Waals surface area contributed by atoms with Crippen molar-refractivity contribution in [2.75, 3.05) is 7.11 Å². The lowest BCUT2D eigenvalue weighted by molar-refractivity contribution is 0.0588. The smallest absolute Gasteiger partial charge is 0.360 e. The number of benzene rings is 3. The maximum absolute atomic E-state index is 13.2. The molecule has 0 atom stereocenters. The lowest BCUT2D eigenvalue weighted by Gasteiger charge is -2.15. The molecule has 0 saturated heterocycles. The van der Waals surface area contributed by atoms with E-state index in [-0.39, 0.29) is 11.5 Å². The van der Waals surface area contributed by atoms with E-state index in [1.807, 2.05) is 55.5 Å². The van der Waals surface area contributed by atoms with Crippen LogP contribution in [0.4, 0.5) is 4.39 Å². The Morgan fingerprint density at radius 1 is 0.903 bits per heavy atom. The van der Waals surface area contributed by atoms with Gasteiger partial charge in [-0.2, -0.15) is 0 Å². The van der Waals surface area contributed by atoms with E-state index in [4.69, 9.17) is 9.47 Å². The Kier molecular flexibility index (Phi) is 5.94. The first-order chi connectivity index (χ1) is 15.0. The highest BCUT2D eigenvalue weighted by atomic mass is 19.1. The van der Waals surface area contributed by atoms with Crippen molar-refractivity contribution in [3.8, 4) is 5.75 Å². The zero-order chi connectivity index (χ0) is 21.8. The summed E-state index contributed by atoms with van der Waals surface area (Å²) in [5.74, 6) is -0.383. The zero-order valence-electron chi connectivity index (χ0n) is 17.4. The van der Waals surface area contributed by atoms with Gasteiger partial charge >= 0.3 is 5.97 Å². The number of nitrogens with zero attached hydrogens (tertiary/aromatic N) is 1. The summed E-state index contributed by atoms with van der Waals surface area (Å²) < 4.78 is 24.2. The molecule has 1 heterocycles. The molecular formula is C26H22FNO3. The first-order valence-electron chi connectivity index (χ1n) is 9.98. The number of methoxy groups -OCH3 is 1. The highest BCUT2D eigenvalue weighted by Gasteiger charge is 2.20. The molecule has 4 nitrogen and oxygen atoms in total. The molecule has 0 N–H and O–H groups in total. The molecule has 0 aliphatic rings. The van der Waals surface area contributed by atoms with Crippen molar-refractivity contribution in [3.05, 3.63) is 107 Å². The predicted octanol–water partition coefficient (Wildman–Crippen LogP) is 5.64. The van der Waals surface area contributed by atoms with Crippen molar-refractivity contribution >= 4 is 16.7 Å². The second kappa shape index (κ2) is 8.96. The minimum absolute atomic E-state index is 0.162. The van der Waals surface area contributed by atoms with Crippen LogP contribution in [-0.4, -0.2) is 18.1 Å². The molecule has 3 aromatic carbocycles. The molecule has 4 aromatic rings. The number of pyridine rings is 1. The van der Waals surface area contributed by atoms with Gasteiger partial charge in [0.1, 0.15) is 12.4 Å². The van der Waals surface area contributed by atoms with Gasteiger partial charge < -0.3 is 9.47 Å². The molecule has 0 unspecified atom stereocenters. The van der Waals surface area contributed by atoms with Crippen LogP contribution in [0.1, 0.15) is 32.9 Å². The van der Waals surface area contributed by atoms with Gasteiger partial charge in [0.05, 0.1) is 7.11 Å². The Morgan fingerprint density at radius 3 is 2.32 bits per heavy atom. The highest BCUT2D eigenvalue weighted by Crippen LogP contribution is 2.33. The number of hydrogen-bond donors (Lipinski definition) is 0. The summed E-state index contributed by atoms with van der Waals surface area (Å²) in [6.45, 7) is 2.17. The fourth-order valence-electron chi connectivity index (χ4n) is 3.55. The van der Waals surface area contributed by atoms with Crippen LogP contribution in [0.5, 0.6) is 5.75 Å². The lowest BCUT2D eigenvalue weighted by Crippen LogP contribution is -2.10. The molecule has 0 spiro atoms. The number of hydrogen-bond acceptors (Lipinski definition) is 4. The van der Waals surface area contributed by atoms with Crippen molar-refractivity contribution in [3.63, 3.8) is 0 Å². The van der Waals surface area contributed by atoms with Gasteiger partial charge in [0.15, 0.2) is 11.4 Å². The molecule has 0 radical (unpaired) electrons. The van der Waals surface area contributed by atoms with Crippen LogP contribution in [0.25, 0.3) is 10.8 Å². The molecule has 0 fully saturated rings. The van der Waals surface area contributed by atoms with E-state index >= 15 is 0 Å². The van der Waals surface area contributed by atoms with E-state index in [0.717, 1.165) is 27.5 Å². The zero-order valence-corrected chi connectivity index (χ0v) is 17.4. The number of carbonyl (C=O) groups is 1. The number of esters is 1. The van der Waals surface area contributed by atoms with Gasteiger partial charge in [-0.3, -0.25) is 0 Å². The minimum atomic E-state index is -0.538. The van der Waals surface area contributed by atoms with Crippen LogP contribution in [-0.2, 0) is 17.8 Å². The Morgan fingerprint density at radius 2 is 1.61 bits per heavy atom. The highest BCUT2D eigenvalue weighted by molar-refractivity contribution is 6.00. The van der Waals surface area contributed by atoms with Gasteiger partial charge in [-0.1, -0.05) is 54.6 Å². The molecular weight excluding hydrogens is 393 g/mol. The van der Waals surface area contributed by atoms with Gasteiger partial charge in [-0.25, -0.2) is 14.2 Å². The molecule has 0 aliphatic carbocycles. The van der Waals surface area contributed by atoms with E-state index in [1.54, 1.807) is 12.1 Å². The van der Waals surface area contributed by atoms with E-state index in [9.17, 15) is 9.18 Å². The minimum Gasteiger partial charge on any atom is -0.486 e. The predicted molar refractivity (Wildman–Crippen MR) is 118 cm³/mol. The maximum Gasteiger partial charge on any atom is 0.360 e. The van der Waals surface area contributed by atoms with Crippen molar-refractivity contribution in [2.24, 2.45) is 0 Å². The van der Waals surface area contributed by atoms with Crippen molar-refractivity contribution in [2.45, 2.75) is 20.0 Å². The van der Waals surface area contributed by atoms with Gasteiger partial charge in [0, 0.05) is 16.5 Å². The Bertz CT molecular complexity index is 1220. The largest absolute Gasteiger partial charge is 0.486 e. The number of halogens is 1. The van der Waals surface area contributed by atoms with Gasteiger partial charge in [0.2, 0.25) is 0 Å². The van der Waals surface area contributed by atoms with Crippen molar-refractivity contribution in [1.82, 2.24) is 4.98 Å². The molecule has 0 saturated carbocycles. The molecule has 0 aliphatic heterocycles. The number of fused-ring (bicyclic) bond motifs is 1. The quantitative estimate of drug-likeness (QED) is 0.383. The summed E-state index contributed by atoms with van der Waals surface area (Å²) in [5, 5.41) is 1.70. The first kappa shape index (κ1) is 20.5. The average Bonchev–Trinajstić information content (AvgIpc) is 2.80. The maximum atomic E-state index is 13.2. The summed E-state index contributed by atoms with van der Waals surface area (Å²) >= 11 is 0. The molecule has 1 aromatic heterocycles. The van der Waals surface area contributed by atoms with Gasteiger partial charge in [-0.15, -0.1) is 0 Å². The molecule has 4 rings (SSSR count). The van der Waals surface area contributed by atoms with Crippen LogP contribution in [0.15, 0.2) is 72.8 Å². The monoisotopic (exact) mass is 415 g/mol. The molecule has 5 heteroatoms.